The van der Waals surface area contributed by atoms with Gasteiger partial charge >= 0.3 is 12.1 Å². The van der Waals surface area contributed by atoms with Gasteiger partial charge in [0.2, 0.25) is 11.5 Å². The third-order valence-corrected chi connectivity index (χ3v) is 4.93. The second-order valence-corrected chi connectivity index (χ2v) is 8.86. The minimum Gasteiger partial charge on any atom is -0.478 e. The zero-order valence-corrected chi connectivity index (χ0v) is 17.5. The fourth-order valence-electron chi connectivity index (χ4n) is 2.01. The van der Waals surface area contributed by atoms with Crippen molar-refractivity contribution in [2.45, 2.75) is 59.1 Å². The molecule has 0 saturated carbocycles. The minimum atomic E-state index is -3.85. The summed E-state index contributed by atoms with van der Waals surface area (Å²) in [6, 6.07) is 0. The Labute approximate surface area is 160 Å². The Morgan fingerprint density at radius 3 is 2.15 bits per heavy atom. The Kier molecular flexibility index (Phi) is 9.19. The van der Waals surface area contributed by atoms with Crippen LogP contribution < -0.4 is 5.32 Å². The van der Waals surface area contributed by atoms with E-state index in [0.29, 0.717) is 0 Å². The van der Waals surface area contributed by atoms with Gasteiger partial charge in [-0.15, -0.1) is 0 Å². The molecule has 0 atom stereocenters. The molecule has 0 bridgehead atoms. The largest absolute Gasteiger partial charge is 0.478 e. The van der Waals surface area contributed by atoms with Crippen molar-refractivity contribution < 1.29 is 36.8 Å². The molecule has 0 unspecified atom stereocenters. The van der Waals surface area contributed by atoms with Gasteiger partial charge < -0.3 is 20.1 Å². The van der Waals surface area contributed by atoms with Crippen LogP contribution in [0.3, 0.4) is 0 Å². The molecule has 0 aromatic rings. The van der Waals surface area contributed by atoms with E-state index in [1.807, 2.05) is 0 Å². The summed E-state index contributed by atoms with van der Waals surface area (Å²) in [5.74, 6) is -1.84. The van der Waals surface area contributed by atoms with E-state index in [9.17, 15) is 22.8 Å². The van der Waals surface area contributed by atoms with Crippen molar-refractivity contribution in [2.24, 2.45) is 0 Å². The second-order valence-electron chi connectivity index (χ2n) is 7.10. The van der Waals surface area contributed by atoms with Crippen LogP contribution in [-0.4, -0.2) is 73.0 Å². The standard InChI is InChI=1S/C16H30N2O8S/c1-7-18(14(22)26-16(5,6)13(20)21)15(3,4)11-25-27(23,24)10-8-9-17-12(2)19/h7-11H2,1-6H3,(H,17,19)(H,20,21). The Bertz CT molecular complexity index is 643. The summed E-state index contributed by atoms with van der Waals surface area (Å²) >= 11 is 0. The molecule has 0 radical (unpaired) electrons. The van der Waals surface area contributed by atoms with E-state index in [0.717, 1.165) is 0 Å². The first-order valence-corrected chi connectivity index (χ1v) is 10.1. The van der Waals surface area contributed by atoms with Gasteiger partial charge in [-0.2, -0.15) is 8.42 Å². The highest BCUT2D eigenvalue weighted by Crippen LogP contribution is 2.20. The number of carbonyl (C=O) groups is 3. The van der Waals surface area contributed by atoms with Gasteiger partial charge in [0.15, 0.2) is 0 Å². The van der Waals surface area contributed by atoms with Crippen LogP contribution in [0.1, 0.15) is 48.0 Å². The van der Waals surface area contributed by atoms with Crippen LogP contribution >= 0.6 is 0 Å². The average Bonchev–Trinajstić information content (AvgIpc) is 2.49. The van der Waals surface area contributed by atoms with E-state index in [1.54, 1.807) is 20.8 Å². The van der Waals surface area contributed by atoms with Crippen LogP contribution in [-0.2, 0) is 28.6 Å². The first kappa shape index (κ1) is 25.1. The summed E-state index contributed by atoms with van der Waals surface area (Å²) in [6.45, 7) is 8.67. The maximum atomic E-state index is 12.3. The fraction of sp³-hybridized carbons (Fsp3) is 0.812. The van der Waals surface area contributed by atoms with E-state index >= 15 is 0 Å². The number of likely N-dealkylation sites (N-methyl/N-ethyl adjacent to an activating group) is 1. The van der Waals surface area contributed by atoms with E-state index < -0.39 is 33.3 Å². The van der Waals surface area contributed by atoms with E-state index in [2.05, 4.69) is 5.32 Å². The predicted octanol–water partition coefficient (Wildman–Crippen LogP) is 0.959. The molecule has 0 spiro atoms. The van der Waals surface area contributed by atoms with Crippen molar-refractivity contribution in [1.82, 2.24) is 10.2 Å². The number of hydrogen-bond donors (Lipinski definition) is 2. The lowest BCUT2D eigenvalue weighted by Gasteiger charge is -2.38. The van der Waals surface area contributed by atoms with Gasteiger partial charge in [0.1, 0.15) is 0 Å². The van der Waals surface area contributed by atoms with Gasteiger partial charge in [-0.3, -0.25) is 8.98 Å². The number of carboxylic acids is 1. The summed E-state index contributed by atoms with van der Waals surface area (Å²) in [4.78, 5) is 35.4. The van der Waals surface area contributed by atoms with Crippen molar-refractivity contribution in [3.63, 3.8) is 0 Å². The highest BCUT2D eigenvalue weighted by atomic mass is 32.2. The summed E-state index contributed by atoms with van der Waals surface area (Å²) in [6.07, 6.45) is -0.698. The lowest BCUT2D eigenvalue weighted by atomic mass is 10.1. The topological polar surface area (TPSA) is 139 Å². The number of aliphatic carboxylic acids is 1. The first-order valence-electron chi connectivity index (χ1n) is 8.50. The third kappa shape index (κ3) is 9.05. The molecular formula is C16H30N2O8S. The summed E-state index contributed by atoms with van der Waals surface area (Å²) in [7, 11) is -3.85. The van der Waals surface area contributed by atoms with Crippen LogP contribution in [0.4, 0.5) is 4.79 Å². The van der Waals surface area contributed by atoms with Crippen LogP contribution in [0.15, 0.2) is 0 Å². The zero-order valence-electron chi connectivity index (χ0n) is 16.7. The third-order valence-electron chi connectivity index (χ3n) is 3.66. The molecule has 0 aromatic heterocycles. The molecule has 11 heteroatoms. The summed E-state index contributed by atoms with van der Waals surface area (Å²) in [5.41, 5.74) is -2.79. The molecular weight excluding hydrogens is 380 g/mol. The number of rotatable bonds is 11. The van der Waals surface area contributed by atoms with Crippen molar-refractivity contribution in [2.75, 3.05) is 25.4 Å². The lowest BCUT2D eigenvalue weighted by Crippen LogP contribution is -2.53. The maximum absolute atomic E-state index is 12.3. The zero-order chi connectivity index (χ0) is 21.5. The normalized spacial score (nSPS) is 12.4. The average molecular weight is 410 g/mol. The first-order chi connectivity index (χ1) is 12.1. The minimum absolute atomic E-state index is 0.160. The molecule has 2 N–H and O–H groups in total. The van der Waals surface area contributed by atoms with Gasteiger partial charge in [0, 0.05) is 20.0 Å². The van der Waals surface area contributed by atoms with Gasteiger partial charge in [-0.1, -0.05) is 0 Å². The molecule has 0 rings (SSSR count). The van der Waals surface area contributed by atoms with Crippen molar-refractivity contribution in [3.05, 3.63) is 0 Å². The molecule has 0 fully saturated rings. The number of nitrogens with one attached hydrogen (secondary N) is 1. The summed E-state index contributed by atoms with van der Waals surface area (Å²) < 4.78 is 34.0. The Balaban J connectivity index is 4.87. The number of ether oxygens (including phenoxy) is 1. The van der Waals surface area contributed by atoms with Crippen LogP contribution in [0, 0.1) is 0 Å². The molecule has 158 valence electrons. The van der Waals surface area contributed by atoms with Gasteiger partial charge in [0.05, 0.1) is 17.9 Å². The van der Waals surface area contributed by atoms with E-state index in [4.69, 9.17) is 14.0 Å². The van der Waals surface area contributed by atoms with E-state index in [-0.39, 0.29) is 37.8 Å². The van der Waals surface area contributed by atoms with Crippen LogP contribution in [0.2, 0.25) is 0 Å². The number of carboxylic acid groups (broad SMARTS) is 1. The molecule has 0 saturated heterocycles. The van der Waals surface area contributed by atoms with E-state index in [1.165, 1.54) is 25.7 Å². The smallest absolute Gasteiger partial charge is 0.411 e. The molecule has 0 aliphatic heterocycles. The lowest BCUT2D eigenvalue weighted by molar-refractivity contribution is -0.156. The highest BCUT2D eigenvalue weighted by Gasteiger charge is 2.38. The molecule has 0 aromatic carbocycles. The molecule has 0 aliphatic rings. The Hall–Kier alpha value is -1.88. The van der Waals surface area contributed by atoms with Crippen molar-refractivity contribution in [1.29, 1.82) is 0 Å². The number of nitrogens with zero attached hydrogens (tertiary/aromatic N) is 1. The van der Waals surface area contributed by atoms with Gasteiger partial charge in [0.25, 0.3) is 10.1 Å². The monoisotopic (exact) mass is 410 g/mol. The molecule has 0 aliphatic carbocycles. The maximum Gasteiger partial charge on any atom is 0.411 e. The molecule has 10 nitrogen and oxygen atoms in total. The summed E-state index contributed by atoms with van der Waals surface area (Å²) in [5, 5.41) is 11.6. The molecule has 27 heavy (non-hydrogen) atoms. The fourth-order valence-corrected chi connectivity index (χ4v) is 3.09. The van der Waals surface area contributed by atoms with Gasteiger partial charge in [-0.25, -0.2) is 9.59 Å². The van der Waals surface area contributed by atoms with Crippen LogP contribution in [0.5, 0.6) is 0 Å². The predicted molar refractivity (Wildman–Crippen MR) is 97.7 cm³/mol. The SMILES string of the molecule is CCN(C(=O)OC(C)(C)C(=O)O)C(C)(C)COS(=O)(=O)CCCNC(C)=O. The van der Waals surface area contributed by atoms with Gasteiger partial charge in [-0.05, 0) is 41.0 Å². The number of amides is 2. The Morgan fingerprint density at radius 1 is 1.15 bits per heavy atom. The van der Waals surface area contributed by atoms with Crippen molar-refractivity contribution in [3.8, 4) is 0 Å². The number of hydrogen-bond acceptors (Lipinski definition) is 7. The number of carbonyl (C=O) groups excluding carboxylic acids is 2. The van der Waals surface area contributed by atoms with Crippen LogP contribution in [0.25, 0.3) is 0 Å². The molecule has 0 heterocycles. The quantitative estimate of drug-likeness (QED) is 0.379. The Morgan fingerprint density at radius 2 is 1.70 bits per heavy atom. The van der Waals surface area contributed by atoms with Crippen molar-refractivity contribution >= 4 is 28.1 Å². The molecule has 2 amide bonds. The highest BCUT2D eigenvalue weighted by molar-refractivity contribution is 7.86. The second kappa shape index (κ2) is 9.88.